The van der Waals surface area contributed by atoms with Gasteiger partial charge >= 0.3 is 0 Å². The Balaban J connectivity index is 1.26. The molecule has 1 spiro atoms. The van der Waals surface area contributed by atoms with Gasteiger partial charge in [0.15, 0.2) is 5.65 Å². The topological polar surface area (TPSA) is 96.7 Å². The summed E-state index contributed by atoms with van der Waals surface area (Å²) in [6, 6.07) is 8.23. The van der Waals surface area contributed by atoms with E-state index in [0.717, 1.165) is 72.3 Å². The third-order valence-electron chi connectivity index (χ3n) is 7.73. The molecule has 0 atom stereocenters. The Morgan fingerprint density at radius 1 is 1.14 bits per heavy atom. The van der Waals surface area contributed by atoms with Crippen LogP contribution in [0.2, 0.25) is 0 Å². The molecule has 9 heteroatoms. The first-order valence-corrected chi connectivity index (χ1v) is 11.9. The molecule has 3 aliphatic rings. The molecule has 2 N–H and O–H groups in total. The average Bonchev–Trinajstić information content (AvgIpc) is 3.55. The molecule has 3 aliphatic heterocycles. The summed E-state index contributed by atoms with van der Waals surface area (Å²) in [6.45, 7) is 2.84. The summed E-state index contributed by atoms with van der Waals surface area (Å²) >= 11 is 0. The molecule has 9 nitrogen and oxygen atoms in total. The molecule has 35 heavy (non-hydrogen) atoms. The molecule has 4 aromatic rings. The first-order valence-electron chi connectivity index (χ1n) is 11.9. The van der Waals surface area contributed by atoms with Crippen molar-refractivity contribution >= 4 is 23.1 Å². The van der Waals surface area contributed by atoms with Gasteiger partial charge in [0.25, 0.3) is 5.91 Å². The van der Waals surface area contributed by atoms with Crippen molar-refractivity contribution in [3.05, 3.63) is 71.4 Å². The Labute approximate surface area is 202 Å². The second-order valence-corrected chi connectivity index (χ2v) is 9.46. The molecule has 3 aromatic heterocycles. The summed E-state index contributed by atoms with van der Waals surface area (Å²) in [7, 11) is 2.17. The number of fused-ring (bicyclic) bond motifs is 4. The highest BCUT2D eigenvalue weighted by atomic mass is 16.5. The molecule has 6 heterocycles. The number of pyridine rings is 1. The number of anilines is 2. The van der Waals surface area contributed by atoms with Crippen LogP contribution in [-0.2, 0) is 23.4 Å². The molecular weight excluding hydrogens is 442 g/mol. The quantitative estimate of drug-likeness (QED) is 0.478. The number of benzene rings is 1. The maximum absolute atomic E-state index is 12.9. The fraction of sp³-hybridized carbons (Fsp3) is 0.308. The van der Waals surface area contributed by atoms with Crippen molar-refractivity contribution in [3.8, 4) is 11.3 Å². The Morgan fingerprint density at radius 2 is 2.03 bits per heavy atom. The molecule has 0 radical (unpaired) electrons. The highest BCUT2D eigenvalue weighted by Gasteiger charge is 2.45. The van der Waals surface area contributed by atoms with Crippen molar-refractivity contribution in [1.82, 2.24) is 29.6 Å². The van der Waals surface area contributed by atoms with Crippen LogP contribution in [0.5, 0.6) is 0 Å². The molecule has 1 aromatic carbocycles. The van der Waals surface area contributed by atoms with Crippen molar-refractivity contribution in [2.24, 2.45) is 0 Å². The van der Waals surface area contributed by atoms with Gasteiger partial charge in [-0.05, 0) is 43.1 Å². The number of carbonyl (C=O) groups excluding carboxylic acids is 1. The minimum Gasteiger partial charge on any atom is -0.381 e. The van der Waals surface area contributed by atoms with Crippen molar-refractivity contribution in [1.29, 1.82) is 0 Å². The third kappa shape index (κ3) is 3.01. The Hall–Kier alpha value is -3.82. The lowest BCUT2D eigenvalue weighted by Crippen LogP contribution is -2.43. The maximum Gasteiger partial charge on any atom is 0.254 e. The van der Waals surface area contributed by atoms with Crippen LogP contribution in [0.25, 0.3) is 16.9 Å². The largest absolute Gasteiger partial charge is 0.381 e. The number of rotatable bonds is 3. The second-order valence-electron chi connectivity index (χ2n) is 9.46. The van der Waals surface area contributed by atoms with Crippen molar-refractivity contribution in [2.45, 2.75) is 31.5 Å². The Morgan fingerprint density at radius 3 is 2.91 bits per heavy atom. The normalized spacial score (nSPS) is 18.6. The summed E-state index contributed by atoms with van der Waals surface area (Å²) < 4.78 is 7.62. The summed E-state index contributed by atoms with van der Waals surface area (Å²) in [5.74, 6) is 0.665. The van der Waals surface area contributed by atoms with Crippen LogP contribution in [0.3, 0.4) is 0 Å². The van der Waals surface area contributed by atoms with Gasteiger partial charge in [0.05, 0.1) is 40.6 Å². The summed E-state index contributed by atoms with van der Waals surface area (Å²) in [5, 5.41) is 6.42. The number of hydrogen-bond acceptors (Lipinski definition) is 7. The second kappa shape index (κ2) is 7.59. The van der Waals surface area contributed by atoms with Crippen LogP contribution in [0.1, 0.15) is 40.0 Å². The van der Waals surface area contributed by atoms with Crippen molar-refractivity contribution in [3.63, 3.8) is 0 Å². The van der Waals surface area contributed by atoms with Gasteiger partial charge in [-0.3, -0.25) is 19.1 Å². The SMILES string of the molecule is CN1Cc2nc(Nc3ccc(-c4cnc5cnccn45)c4c3C(=O)NC4)ccc2C12CCOCC2. The molecule has 1 amide bonds. The average molecular weight is 468 g/mol. The molecule has 0 saturated carbocycles. The van der Waals surface area contributed by atoms with Crippen LogP contribution >= 0.6 is 0 Å². The highest BCUT2D eigenvalue weighted by molar-refractivity contribution is 6.06. The minimum atomic E-state index is -0.0816. The monoisotopic (exact) mass is 467 g/mol. The van der Waals surface area contributed by atoms with Gasteiger partial charge in [0.2, 0.25) is 0 Å². The molecule has 0 unspecified atom stereocenters. The van der Waals surface area contributed by atoms with E-state index in [9.17, 15) is 4.79 Å². The number of nitrogens with zero attached hydrogens (tertiary/aromatic N) is 5. The zero-order valence-electron chi connectivity index (χ0n) is 19.4. The van der Waals surface area contributed by atoms with Gasteiger partial charge in [-0.25, -0.2) is 9.97 Å². The predicted octanol–water partition coefficient (Wildman–Crippen LogP) is 3.23. The molecule has 0 bridgehead atoms. The van der Waals surface area contributed by atoms with Gasteiger partial charge in [0.1, 0.15) is 5.82 Å². The van der Waals surface area contributed by atoms with Crippen molar-refractivity contribution < 1.29 is 9.53 Å². The lowest BCUT2D eigenvalue weighted by molar-refractivity contribution is -0.0132. The number of carbonyl (C=O) groups is 1. The van der Waals surface area contributed by atoms with Crippen LogP contribution in [0.15, 0.2) is 49.1 Å². The first kappa shape index (κ1) is 20.5. The molecule has 1 saturated heterocycles. The summed E-state index contributed by atoms with van der Waals surface area (Å²) in [5.41, 5.74) is 7.47. The van der Waals surface area contributed by atoms with Crippen LogP contribution in [0.4, 0.5) is 11.5 Å². The van der Waals surface area contributed by atoms with Gasteiger partial charge in [-0.2, -0.15) is 0 Å². The zero-order valence-corrected chi connectivity index (χ0v) is 19.4. The van der Waals surface area contributed by atoms with E-state index in [1.807, 2.05) is 35.0 Å². The lowest BCUT2D eigenvalue weighted by Gasteiger charge is -2.40. The van der Waals surface area contributed by atoms with Gasteiger partial charge < -0.3 is 15.4 Å². The van der Waals surface area contributed by atoms with E-state index in [1.165, 1.54) is 5.56 Å². The highest BCUT2D eigenvalue weighted by Crippen LogP contribution is 2.45. The zero-order chi connectivity index (χ0) is 23.6. The van der Waals surface area contributed by atoms with Gasteiger partial charge in [-0.15, -0.1) is 0 Å². The maximum atomic E-state index is 12.9. The van der Waals surface area contributed by atoms with E-state index in [-0.39, 0.29) is 11.4 Å². The lowest BCUT2D eigenvalue weighted by atomic mass is 9.84. The molecule has 176 valence electrons. The Kier molecular flexibility index (Phi) is 4.46. The fourth-order valence-corrected chi connectivity index (χ4v) is 5.93. The molecular formula is C26H25N7O2. The number of hydrogen-bond donors (Lipinski definition) is 2. The van der Waals surface area contributed by atoms with E-state index in [1.54, 1.807) is 12.4 Å². The number of amides is 1. The predicted molar refractivity (Wildman–Crippen MR) is 130 cm³/mol. The van der Waals surface area contributed by atoms with Gasteiger partial charge in [0, 0.05) is 44.3 Å². The summed E-state index contributed by atoms with van der Waals surface area (Å²) in [4.78, 5) is 28.9. The summed E-state index contributed by atoms with van der Waals surface area (Å²) in [6.07, 6.45) is 9.15. The van der Waals surface area contributed by atoms with E-state index in [2.05, 4.69) is 38.6 Å². The number of aromatic nitrogens is 4. The first-order chi connectivity index (χ1) is 17.1. The molecule has 1 fully saturated rings. The fourth-order valence-electron chi connectivity index (χ4n) is 5.93. The van der Waals surface area contributed by atoms with Crippen LogP contribution in [-0.4, -0.2) is 50.4 Å². The standard InChI is InChI=1S/C26H25N7O2/c1-32-15-20-18(26(32)6-10-35-11-7-26)3-5-22(31-20)30-19-4-2-16(17-12-29-25(34)24(17)19)21-13-28-23-14-27-8-9-33(21)23/h2-5,8-9,13-14H,6-7,10-12,15H2,1H3,(H,29,34)(H,30,31). The third-order valence-corrected chi connectivity index (χ3v) is 7.73. The number of ether oxygens (including phenoxy) is 1. The van der Waals surface area contributed by atoms with Gasteiger partial charge in [-0.1, -0.05) is 12.1 Å². The van der Waals surface area contributed by atoms with E-state index < -0.39 is 0 Å². The minimum absolute atomic E-state index is 0.0193. The number of imidazole rings is 1. The van der Waals surface area contributed by atoms with E-state index >= 15 is 0 Å². The van der Waals surface area contributed by atoms with Crippen LogP contribution < -0.4 is 10.6 Å². The smallest absolute Gasteiger partial charge is 0.254 e. The van der Waals surface area contributed by atoms with E-state index in [4.69, 9.17) is 9.72 Å². The van der Waals surface area contributed by atoms with E-state index in [0.29, 0.717) is 12.1 Å². The molecule has 7 rings (SSSR count). The van der Waals surface area contributed by atoms with Crippen molar-refractivity contribution in [2.75, 3.05) is 25.6 Å². The Bertz CT molecular complexity index is 1490. The number of nitrogens with one attached hydrogen (secondary N) is 2. The molecule has 0 aliphatic carbocycles. The van der Waals surface area contributed by atoms with Crippen LogP contribution in [0, 0.1) is 0 Å².